The number of hydrogen-bond acceptors (Lipinski definition) is 4. The number of hydrogen-bond donors (Lipinski definition) is 3. The van der Waals surface area contributed by atoms with Crippen molar-refractivity contribution >= 4 is 17.6 Å². The fraction of sp³-hybridized carbons (Fsp3) is 0.769. The van der Waals surface area contributed by atoms with Crippen molar-refractivity contribution in [3.63, 3.8) is 0 Å². The molecule has 0 saturated heterocycles. The van der Waals surface area contributed by atoms with Gasteiger partial charge in [0.05, 0.1) is 6.54 Å². The zero-order valence-electron chi connectivity index (χ0n) is 12.1. The summed E-state index contributed by atoms with van der Waals surface area (Å²) in [6.45, 7) is 3.51. The van der Waals surface area contributed by atoms with Gasteiger partial charge in [-0.25, -0.2) is 0 Å². The molecule has 0 aromatic heterocycles. The van der Waals surface area contributed by atoms with Crippen molar-refractivity contribution in [2.45, 2.75) is 45.6 Å². The number of primary amides is 1. The van der Waals surface area contributed by atoms with Crippen LogP contribution in [0.3, 0.4) is 0 Å². The van der Waals surface area contributed by atoms with Crippen molar-refractivity contribution in [1.29, 1.82) is 0 Å². The second-order valence-corrected chi connectivity index (χ2v) is 5.62. The standard InChI is InChI=1S/C13H24N4O3/c1-8(2)11(12(15)16-20)13(19)17(7-10(14)18)9-5-3-4-6-9/h8-9,11,20H,3-7H2,1-2H3,(H2,14,18)(H2,15,16). The molecule has 5 N–H and O–H groups in total. The summed E-state index contributed by atoms with van der Waals surface area (Å²) in [5.74, 6) is -1.83. The fourth-order valence-electron chi connectivity index (χ4n) is 2.76. The molecule has 1 fully saturated rings. The monoisotopic (exact) mass is 284 g/mol. The summed E-state index contributed by atoms with van der Waals surface area (Å²) in [5.41, 5.74) is 10.9. The molecule has 1 unspecified atom stereocenters. The molecule has 1 aliphatic carbocycles. The Labute approximate surface area is 119 Å². The molecular formula is C13H24N4O3. The normalized spacial score (nSPS) is 18.2. The average Bonchev–Trinajstić information content (AvgIpc) is 2.88. The van der Waals surface area contributed by atoms with Crippen LogP contribution >= 0.6 is 0 Å². The first kappa shape index (κ1) is 16.3. The second kappa shape index (κ2) is 7.12. The predicted molar refractivity (Wildman–Crippen MR) is 74.9 cm³/mol. The summed E-state index contributed by atoms with van der Waals surface area (Å²) in [6, 6.07) is 0.0164. The van der Waals surface area contributed by atoms with Gasteiger partial charge in [0.15, 0.2) is 5.84 Å². The van der Waals surface area contributed by atoms with E-state index in [-0.39, 0.29) is 30.2 Å². The number of carbonyl (C=O) groups excluding carboxylic acids is 2. The van der Waals surface area contributed by atoms with Gasteiger partial charge in [0, 0.05) is 6.04 Å². The molecule has 0 heterocycles. The van der Waals surface area contributed by atoms with Gasteiger partial charge in [0.25, 0.3) is 0 Å². The third-order valence-electron chi connectivity index (χ3n) is 3.74. The quantitative estimate of drug-likeness (QED) is 0.280. The summed E-state index contributed by atoms with van der Waals surface area (Å²) >= 11 is 0. The lowest BCUT2D eigenvalue weighted by Gasteiger charge is -2.32. The molecule has 1 atom stereocenters. The van der Waals surface area contributed by atoms with Crippen LogP contribution < -0.4 is 11.5 Å². The molecule has 1 saturated carbocycles. The Morgan fingerprint density at radius 3 is 2.25 bits per heavy atom. The van der Waals surface area contributed by atoms with Crippen LogP contribution in [-0.2, 0) is 9.59 Å². The van der Waals surface area contributed by atoms with Crippen molar-refractivity contribution in [3.8, 4) is 0 Å². The van der Waals surface area contributed by atoms with Gasteiger partial charge in [-0.2, -0.15) is 0 Å². The Kier molecular flexibility index (Phi) is 5.79. The lowest BCUT2D eigenvalue weighted by Crippen LogP contribution is -2.50. The zero-order valence-corrected chi connectivity index (χ0v) is 12.1. The first-order valence-corrected chi connectivity index (χ1v) is 6.94. The van der Waals surface area contributed by atoms with Gasteiger partial charge in [0.2, 0.25) is 11.8 Å². The van der Waals surface area contributed by atoms with E-state index >= 15 is 0 Å². The van der Waals surface area contributed by atoms with Crippen molar-refractivity contribution in [2.24, 2.45) is 28.5 Å². The maximum Gasteiger partial charge on any atom is 0.237 e. The molecule has 7 nitrogen and oxygen atoms in total. The summed E-state index contributed by atoms with van der Waals surface area (Å²) in [7, 11) is 0. The molecule has 1 aliphatic rings. The smallest absolute Gasteiger partial charge is 0.237 e. The van der Waals surface area contributed by atoms with E-state index in [0.29, 0.717) is 0 Å². The predicted octanol–water partition coefficient (Wildman–Crippen LogP) is 0.262. The third kappa shape index (κ3) is 3.85. The van der Waals surface area contributed by atoms with E-state index < -0.39 is 11.8 Å². The van der Waals surface area contributed by atoms with E-state index in [9.17, 15) is 9.59 Å². The fourth-order valence-corrected chi connectivity index (χ4v) is 2.76. The molecule has 7 heteroatoms. The molecule has 2 amide bonds. The van der Waals surface area contributed by atoms with Crippen molar-refractivity contribution < 1.29 is 14.8 Å². The van der Waals surface area contributed by atoms with Crippen LogP contribution in [0.25, 0.3) is 0 Å². The van der Waals surface area contributed by atoms with Crippen molar-refractivity contribution in [2.75, 3.05) is 6.54 Å². The molecule has 0 aromatic rings. The van der Waals surface area contributed by atoms with E-state index in [1.54, 1.807) is 0 Å². The molecule has 0 aliphatic heterocycles. The number of oxime groups is 1. The Morgan fingerprint density at radius 2 is 1.85 bits per heavy atom. The maximum absolute atomic E-state index is 12.7. The lowest BCUT2D eigenvalue weighted by atomic mass is 9.92. The zero-order chi connectivity index (χ0) is 15.3. The van der Waals surface area contributed by atoms with E-state index in [1.807, 2.05) is 13.8 Å². The molecule has 114 valence electrons. The van der Waals surface area contributed by atoms with Gasteiger partial charge >= 0.3 is 0 Å². The average molecular weight is 284 g/mol. The highest BCUT2D eigenvalue weighted by Gasteiger charge is 2.35. The number of carbonyl (C=O) groups is 2. The van der Waals surface area contributed by atoms with Crippen LogP contribution in [0.5, 0.6) is 0 Å². The van der Waals surface area contributed by atoms with Crippen LogP contribution in [0.15, 0.2) is 5.16 Å². The number of amidine groups is 1. The van der Waals surface area contributed by atoms with Crippen molar-refractivity contribution in [1.82, 2.24) is 4.90 Å². The summed E-state index contributed by atoms with van der Waals surface area (Å²) < 4.78 is 0. The highest BCUT2D eigenvalue weighted by atomic mass is 16.4. The van der Waals surface area contributed by atoms with Crippen LogP contribution in [-0.4, -0.2) is 40.3 Å². The van der Waals surface area contributed by atoms with Crippen LogP contribution in [0, 0.1) is 11.8 Å². The van der Waals surface area contributed by atoms with E-state index in [4.69, 9.17) is 16.7 Å². The Hall–Kier alpha value is -1.79. The second-order valence-electron chi connectivity index (χ2n) is 5.62. The summed E-state index contributed by atoms with van der Waals surface area (Å²) in [5, 5.41) is 11.8. The first-order valence-electron chi connectivity index (χ1n) is 6.94. The minimum atomic E-state index is -0.736. The topological polar surface area (TPSA) is 122 Å². The number of amides is 2. The SMILES string of the molecule is CC(C)C(C(=O)N(CC(N)=O)C1CCCC1)C(N)=NO. The van der Waals surface area contributed by atoms with Gasteiger partial charge in [-0.1, -0.05) is 31.8 Å². The molecule has 0 spiro atoms. The van der Waals surface area contributed by atoms with Crippen LogP contribution in [0.4, 0.5) is 0 Å². The highest BCUT2D eigenvalue weighted by molar-refractivity contribution is 6.03. The Morgan fingerprint density at radius 1 is 1.30 bits per heavy atom. The van der Waals surface area contributed by atoms with Gasteiger partial charge in [0.1, 0.15) is 5.92 Å². The third-order valence-corrected chi connectivity index (χ3v) is 3.74. The minimum absolute atomic E-state index is 0.0164. The number of nitrogens with zero attached hydrogens (tertiary/aromatic N) is 2. The summed E-state index contributed by atoms with van der Waals surface area (Å²) in [6.07, 6.45) is 3.78. The molecule has 1 rings (SSSR count). The highest BCUT2D eigenvalue weighted by Crippen LogP contribution is 2.26. The molecule has 20 heavy (non-hydrogen) atoms. The van der Waals surface area contributed by atoms with Crippen molar-refractivity contribution in [3.05, 3.63) is 0 Å². The Balaban J connectivity index is 2.97. The first-order chi connectivity index (χ1) is 9.38. The maximum atomic E-state index is 12.7. The minimum Gasteiger partial charge on any atom is -0.409 e. The van der Waals surface area contributed by atoms with Gasteiger partial charge < -0.3 is 21.6 Å². The molecular weight excluding hydrogens is 260 g/mol. The van der Waals surface area contributed by atoms with E-state index in [1.165, 1.54) is 4.90 Å². The van der Waals surface area contributed by atoms with Gasteiger partial charge in [-0.15, -0.1) is 0 Å². The lowest BCUT2D eigenvalue weighted by molar-refractivity contribution is -0.140. The van der Waals surface area contributed by atoms with E-state index in [2.05, 4.69) is 5.16 Å². The van der Waals surface area contributed by atoms with Crippen LogP contribution in [0.1, 0.15) is 39.5 Å². The molecule has 0 aromatic carbocycles. The molecule has 0 radical (unpaired) electrons. The van der Waals surface area contributed by atoms with Gasteiger partial charge in [-0.3, -0.25) is 9.59 Å². The number of nitrogens with two attached hydrogens (primary N) is 2. The van der Waals surface area contributed by atoms with Gasteiger partial charge in [-0.05, 0) is 18.8 Å². The van der Waals surface area contributed by atoms with E-state index in [0.717, 1.165) is 25.7 Å². The largest absolute Gasteiger partial charge is 0.409 e. The number of rotatable bonds is 6. The molecule has 0 bridgehead atoms. The Bertz CT molecular complexity index is 389. The van der Waals surface area contributed by atoms with Crippen LogP contribution in [0.2, 0.25) is 0 Å². The summed E-state index contributed by atoms with van der Waals surface area (Å²) in [4.78, 5) is 25.4.